The molecule has 1 heterocycles. The monoisotopic (exact) mass is 194 g/mol. The quantitative estimate of drug-likeness (QED) is 0.771. The van der Waals surface area contributed by atoms with E-state index in [9.17, 15) is 0 Å². The van der Waals surface area contributed by atoms with Crippen LogP contribution in [0.2, 0.25) is 0 Å². The van der Waals surface area contributed by atoms with Crippen LogP contribution in [0, 0.1) is 0 Å². The van der Waals surface area contributed by atoms with E-state index in [1.165, 1.54) is 5.56 Å². The maximum absolute atomic E-state index is 8.67. The Bertz CT molecular complexity index is 292. The topological polar surface area (TPSA) is 45.2 Å². The third-order valence-corrected chi connectivity index (χ3v) is 2.04. The van der Waals surface area contributed by atoms with Crippen LogP contribution in [0.3, 0.4) is 0 Å². The first-order valence-corrected chi connectivity index (χ1v) is 4.85. The van der Waals surface area contributed by atoms with Gasteiger partial charge >= 0.3 is 0 Å². The van der Waals surface area contributed by atoms with Crippen LogP contribution in [0.15, 0.2) is 18.3 Å². The molecule has 0 saturated heterocycles. The van der Waals surface area contributed by atoms with Gasteiger partial charge in [-0.2, -0.15) is 0 Å². The summed E-state index contributed by atoms with van der Waals surface area (Å²) in [6, 6.07) is 4.04. The van der Waals surface area contributed by atoms with Gasteiger partial charge in [-0.15, -0.1) is 0 Å². The van der Waals surface area contributed by atoms with Gasteiger partial charge in [-0.05, 0) is 23.1 Å². The van der Waals surface area contributed by atoms with Gasteiger partial charge in [0.1, 0.15) is 5.82 Å². The van der Waals surface area contributed by atoms with E-state index >= 15 is 0 Å². The molecular weight excluding hydrogens is 176 g/mol. The number of anilines is 1. The zero-order chi connectivity index (χ0) is 10.6. The van der Waals surface area contributed by atoms with Crippen LogP contribution in [-0.4, -0.2) is 23.2 Å². The first-order chi connectivity index (χ1) is 6.54. The second-order valence-corrected chi connectivity index (χ2v) is 4.33. The van der Waals surface area contributed by atoms with Gasteiger partial charge in [0.2, 0.25) is 0 Å². The highest BCUT2D eigenvalue weighted by Crippen LogP contribution is 2.23. The average Bonchev–Trinajstić information content (AvgIpc) is 2.14. The lowest BCUT2D eigenvalue weighted by atomic mass is 9.88. The number of pyridine rings is 1. The van der Waals surface area contributed by atoms with Crippen LogP contribution in [0.25, 0.3) is 0 Å². The number of aromatic nitrogens is 1. The van der Waals surface area contributed by atoms with E-state index in [4.69, 9.17) is 5.11 Å². The Balaban J connectivity index is 2.79. The Morgan fingerprint density at radius 3 is 2.71 bits per heavy atom. The van der Waals surface area contributed by atoms with E-state index in [0.29, 0.717) is 6.54 Å². The summed E-state index contributed by atoms with van der Waals surface area (Å²) in [4.78, 5) is 4.17. The zero-order valence-electron chi connectivity index (χ0n) is 9.04. The molecule has 0 radical (unpaired) electrons. The number of nitrogens with zero attached hydrogens (tertiary/aromatic N) is 1. The maximum Gasteiger partial charge on any atom is 0.126 e. The van der Waals surface area contributed by atoms with E-state index in [1.807, 2.05) is 12.1 Å². The summed E-state index contributed by atoms with van der Waals surface area (Å²) < 4.78 is 0. The molecule has 0 unspecified atom stereocenters. The van der Waals surface area contributed by atoms with Crippen LogP contribution in [0.4, 0.5) is 5.82 Å². The van der Waals surface area contributed by atoms with E-state index in [2.05, 4.69) is 31.1 Å². The first-order valence-electron chi connectivity index (χ1n) is 4.85. The van der Waals surface area contributed by atoms with Crippen molar-refractivity contribution in [3.8, 4) is 0 Å². The predicted molar refractivity (Wildman–Crippen MR) is 58.5 cm³/mol. The second-order valence-electron chi connectivity index (χ2n) is 4.33. The van der Waals surface area contributed by atoms with Crippen molar-refractivity contribution in [3.05, 3.63) is 23.9 Å². The smallest absolute Gasteiger partial charge is 0.126 e. The Hall–Kier alpha value is -1.09. The van der Waals surface area contributed by atoms with Crippen LogP contribution < -0.4 is 5.32 Å². The van der Waals surface area contributed by atoms with Gasteiger partial charge in [0.15, 0.2) is 0 Å². The highest BCUT2D eigenvalue weighted by molar-refractivity contribution is 5.39. The molecule has 0 amide bonds. The largest absolute Gasteiger partial charge is 0.395 e. The molecule has 3 heteroatoms. The predicted octanol–water partition coefficient (Wildman–Crippen LogP) is 1.78. The van der Waals surface area contributed by atoms with Crippen LogP contribution >= 0.6 is 0 Å². The van der Waals surface area contributed by atoms with Crippen LogP contribution in [0.5, 0.6) is 0 Å². The fourth-order valence-corrected chi connectivity index (χ4v) is 1.18. The normalized spacial score (nSPS) is 11.4. The highest BCUT2D eigenvalue weighted by atomic mass is 16.3. The third-order valence-electron chi connectivity index (χ3n) is 2.04. The van der Waals surface area contributed by atoms with Crippen LogP contribution in [0.1, 0.15) is 26.3 Å². The minimum atomic E-state index is 0.126. The van der Waals surface area contributed by atoms with E-state index in [0.717, 1.165) is 5.82 Å². The minimum Gasteiger partial charge on any atom is -0.395 e. The van der Waals surface area contributed by atoms with E-state index in [1.54, 1.807) is 6.20 Å². The van der Waals surface area contributed by atoms with Gasteiger partial charge < -0.3 is 10.4 Å². The molecule has 0 aliphatic carbocycles. The lowest BCUT2D eigenvalue weighted by molar-refractivity contribution is 0.311. The summed E-state index contributed by atoms with van der Waals surface area (Å²) in [6.45, 7) is 7.16. The fourth-order valence-electron chi connectivity index (χ4n) is 1.18. The first kappa shape index (κ1) is 11.0. The van der Waals surface area contributed by atoms with Crippen LogP contribution in [-0.2, 0) is 5.41 Å². The second kappa shape index (κ2) is 4.42. The third kappa shape index (κ3) is 3.00. The molecule has 1 aromatic rings. The van der Waals surface area contributed by atoms with Crippen molar-refractivity contribution in [1.82, 2.24) is 4.98 Å². The molecular formula is C11H18N2O. The van der Waals surface area contributed by atoms with E-state index in [-0.39, 0.29) is 12.0 Å². The van der Waals surface area contributed by atoms with Crippen molar-refractivity contribution in [2.75, 3.05) is 18.5 Å². The number of nitrogens with one attached hydrogen (secondary N) is 1. The van der Waals surface area contributed by atoms with Gasteiger partial charge in [-0.25, -0.2) is 4.98 Å². The van der Waals surface area contributed by atoms with E-state index < -0.39 is 0 Å². The molecule has 3 nitrogen and oxygen atoms in total. The molecule has 0 fully saturated rings. The Labute approximate surface area is 85.2 Å². The Kier molecular flexibility index (Phi) is 3.47. The summed E-state index contributed by atoms with van der Waals surface area (Å²) in [5.41, 5.74) is 1.38. The average molecular weight is 194 g/mol. The zero-order valence-corrected chi connectivity index (χ0v) is 9.04. The van der Waals surface area contributed by atoms with Crippen molar-refractivity contribution in [2.24, 2.45) is 0 Å². The lowest BCUT2D eigenvalue weighted by Gasteiger charge is -2.19. The molecule has 0 atom stereocenters. The Morgan fingerprint density at radius 1 is 1.43 bits per heavy atom. The number of aliphatic hydroxyl groups excluding tert-OH is 1. The minimum absolute atomic E-state index is 0.126. The SMILES string of the molecule is CC(C)(C)c1ccnc(NCCO)c1. The molecule has 0 spiro atoms. The van der Waals surface area contributed by atoms with Crippen molar-refractivity contribution in [1.29, 1.82) is 0 Å². The molecule has 2 N–H and O–H groups in total. The van der Waals surface area contributed by atoms with Gasteiger partial charge in [0.05, 0.1) is 6.61 Å². The molecule has 1 aromatic heterocycles. The van der Waals surface area contributed by atoms with Gasteiger partial charge in [-0.1, -0.05) is 20.8 Å². The molecule has 1 rings (SSSR count). The molecule has 0 bridgehead atoms. The highest BCUT2D eigenvalue weighted by Gasteiger charge is 2.13. The van der Waals surface area contributed by atoms with Crippen molar-refractivity contribution >= 4 is 5.82 Å². The lowest BCUT2D eigenvalue weighted by Crippen LogP contribution is -2.13. The van der Waals surface area contributed by atoms with Crippen molar-refractivity contribution in [3.63, 3.8) is 0 Å². The number of rotatable bonds is 3. The molecule has 78 valence electrons. The molecule has 0 aromatic carbocycles. The number of hydrogen-bond donors (Lipinski definition) is 2. The number of aliphatic hydroxyl groups is 1. The summed E-state index contributed by atoms with van der Waals surface area (Å²) in [7, 11) is 0. The summed E-state index contributed by atoms with van der Waals surface area (Å²) >= 11 is 0. The van der Waals surface area contributed by atoms with Crippen molar-refractivity contribution < 1.29 is 5.11 Å². The standard InChI is InChI=1S/C11H18N2O/c1-11(2,3)9-4-5-12-10(8-9)13-6-7-14/h4-5,8,14H,6-7H2,1-3H3,(H,12,13). The fraction of sp³-hybridized carbons (Fsp3) is 0.545. The Morgan fingerprint density at radius 2 is 2.14 bits per heavy atom. The maximum atomic E-state index is 8.67. The molecule has 0 aliphatic heterocycles. The summed E-state index contributed by atoms with van der Waals surface area (Å²) in [5, 5.41) is 11.7. The molecule has 0 saturated carbocycles. The molecule has 14 heavy (non-hydrogen) atoms. The van der Waals surface area contributed by atoms with Crippen molar-refractivity contribution in [2.45, 2.75) is 26.2 Å². The number of hydrogen-bond acceptors (Lipinski definition) is 3. The van der Waals surface area contributed by atoms with Gasteiger partial charge in [0.25, 0.3) is 0 Å². The summed E-state index contributed by atoms with van der Waals surface area (Å²) in [6.07, 6.45) is 1.79. The molecule has 0 aliphatic rings. The summed E-state index contributed by atoms with van der Waals surface area (Å²) in [5.74, 6) is 0.825. The van der Waals surface area contributed by atoms with Gasteiger partial charge in [0, 0.05) is 12.7 Å². The van der Waals surface area contributed by atoms with Gasteiger partial charge in [-0.3, -0.25) is 0 Å².